The Labute approximate surface area is 149 Å². The molecule has 0 saturated carbocycles. The Kier molecular flexibility index (Phi) is 4.36. The smallest absolute Gasteiger partial charge is 0.238 e. The third kappa shape index (κ3) is 3.22. The summed E-state index contributed by atoms with van der Waals surface area (Å²) in [7, 11) is -7.73. The number of ether oxygens (including phenoxy) is 1. The molecular formula is C16H14NO7PS. The summed E-state index contributed by atoms with van der Waals surface area (Å²) in [6.07, 6.45) is -0.533. The Morgan fingerprint density at radius 3 is 2.15 bits per heavy atom. The number of carbonyl (C=O) groups is 2. The SMILES string of the molecule is CP(=O)(O)COc1cccc2c1C(=O)c1cccc(S(N)(=O)=O)c1C2=O. The van der Waals surface area contributed by atoms with E-state index >= 15 is 0 Å². The van der Waals surface area contributed by atoms with Crippen LogP contribution in [0.2, 0.25) is 0 Å². The molecular weight excluding hydrogens is 381 g/mol. The number of rotatable bonds is 4. The first kappa shape index (κ1) is 18.5. The monoisotopic (exact) mass is 395 g/mol. The summed E-state index contributed by atoms with van der Waals surface area (Å²) < 4.78 is 40.3. The fourth-order valence-electron chi connectivity index (χ4n) is 2.73. The van der Waals surface area contributed by atoms with Crippen LogP contribution in [-0.2, 0) is 14.6 Å². The fraction of sp³-hybridized carbons (Fsp3) is 0.125. The summed E-state index contributed by atoms with van der Waals surface area (Å²) in [5.41, 5.74) is -0.535. The number of hydrogen-bond donors (Lipinski definition) is 2. The van der Waals surface area contributed by atoms with Gasteiger partial charge in [-0.1, -0.05) is 24.3 Å². The van der Waals surface area contributed by atoms with Crippen LogP contribution in [-0.4, -0.2) is 37.9 Å². The summed E-state index contributed by atoms with van der Waals surface area (Å²) in [6, 6.07) is 7.97. The van der Waals surface area contributed by atoms with Crippen molar-refractivity contribution in [3.63, 3.8) is 0 Å². The van der Waals surface area contributed by atoms with Gasteiger partial charge in [-0.25, -0.2) is 13.6 Å². The van der Waals surface area contributed by atoms with Gasteiger partial charge in [0.25, 0.3) is 0 Å². The van der Waals surface area contributed by atoms with Crippen LogP contribution in [0, 0.1) is 0 Å². The molecule has 1 atom stereocenters. The topological polar surface area (TPSA) is 141 Å². The lowest BCUT2D eigenvalue weighted by molar-refractivity contribution is 0.0974. The van der Waals surface area contributed by atoms with E-state index in [-0.39, 0.29) is 28.0 Å². The number of ketones is 2. The minimum Gasteiger partial charge on any atom is -0.483 e. The third-order valence-electron chi connectivity index (χ3n) is 3.76. The molecule has 2 aromatic rings. The Morgan fingerprint density at radius 2 is 1.58 bits per heavy atom. The molecule has 3 rings (SSSR count). The second-order valence-electron chi connectivity index (χ2n) is 5.89. The highest BCUT2D eigenvalue weighted by molar-refractivity contribution is 7.89. The number of hydrogen-bond acceptors (Lipinski definition) is 6. The van der Waals surface area contributed by atoms with Gasteiger partial charge in [0.2, 0.25) is 17.4 Å². The maximum absolute atomic E-state index is 12.9. The molecule has 3 N–H and O–H groups in total. The summed E-state index contributed by atoms with van der Waals surface area (Å²) in [6.45, 7) is 1.10. The van der Waals surface area contributed by atoms with Gasteiger partial charge < -0.3 is 9.63 Å². The second-order valence-corrected chi connectivity index (χ2v) is 9.78. The van der Waals surface area contributed by atoms with Gasteiger partial charge >= 0.3 is 0 Å². The van der Waals surface area contributed by atoms with E-state index in [1.165, 1.54) is 30.3 Å². The number of carbonyl (C=O) groups excluding carboxylic acids is 2. The highest BCUT2D eigenvalue weighted by atomic mass is 32.2. The van der Waals surface area contributed by atoms with Crippen molar-refractivity contribution >= 4 is 29.0 Å². The van der Waals surface area contributed by atoms with Crippen LogP contribution in [0.25, 0.3) is 0 Å². The molecule has 0 spiro atoms. The van der Waals surface area contributed by atoms with Crippen molar-refractivity contribution in [2.45, 2.75) is 4.90 Å². The molecule has 26 heavy (non-hydrogen) atoms. The Hall–Kier alpha value is -2.32. The zero-order chi connectivity index (χ0) is 19.3. The first-order valence-electron chi connectivity index (χ1n) is 7.31. The zero-order valence-electron chi connectivity index (χ0n) is 13.5. The van der Waals surface area contributed by atoms with Crippen molar-refractivity contribution in [1.82, 2.24) is 0 Å². The van der Waals surface area contributed by atoms with E-state index in [4.69, 9.17) is 9.88 Å². The molecule has 0 fully saturated rings. The van der Waals surface area contributed by atoms with Crippen LogP contribution >= 0.6 is 7.37 Å². The van der Waals surface area contributed by atoms with Crippen molar-refractivity contribution < 1.29 is 32.2 Å². The van der Waals surface area contributed by atoms with Crippen molar-refractivity contribution in [3.05, 3.63) is 58.7 Å². The molecule has 1 aliphatic carbocycles. The van der Waals surface area contributed by atoms with Crippen molar-refractivity contribution in [2.24, 2.45) is 5.14 Å². The van der Waals surface area contributed by atoms with E-state index in [1.54, 1.807) is 0 Å². The van der Waals surface area contributed by atoms with Crippen molar-refractivity contribution in [1.29, 1.82) is 0 Å². The Balaban J connectivity index is 2.21. The molecule has 1 aliphatic rings. The van der Waals surface area contributed by atoms with Gasteiger partial charge in [-0.3, -0.25) is 14.2 Å². The average Bonchev–Trinajstić information content (AvgIpc) is 2.55. The van der Waals surface area contributed by atoms with Crippen LogP contribution in [0.5, 0.6) is 5.75 Å². The minimum atomic E-state index is -4.22. The van der Waals surface area contributed by atoms with Gasteiger partial charge in [-0.15, -0.1) is 0 Å². The number of primary sulfonamides is 1. The van der Waals surface area contributed by atoms with Crippen molar-refractivity contribution in [2.75, 3.05) is 13.0 Å². The normalized spacial score (nSPS) is 15.8. The molecule has 0 bridgehead atoms. The number of fused-ring (bicyclic) bond motifs is 2. The molecule has 0 aromatic heterocycles. The predicted molar refractivity (Wildman–Crippen MR) is 92.4 cm³/mol. The Morgan fingerprint density at radius 1 is 1.04 bits per heavy atom. The first-order chi connectivity index (χ1) is 12.0. The molecule has 0 radical (unpaired) electrons. The van der Waals surface area contributed by atoms with Crippen LogP contribution in [0.1, 0.15) is 31.8 Å². The Bertz CT molecular complexity index is 1100. The fourth-order valence-corrected chi connectivity index (χ4v) is 3.86. The van der Waals surface area contributed by atoms with Crippen LogP contribution < -0.4 is 9.88 Å². The molecule has 10 heteroatoms. The number of nitrogens with two attached hydrogens (primary N) is 1. The maximum atomic E-state index is 12.9. The van der Waals surface area contributed by atoms with Crippen LogP contribution in [0.15, 0.2) is 41.3 Å². The van der Waals surface area contributed by atoms with Gasteiger partial charge in [0.05, 0.1) is 16.0 Å². The summed E-state index contributed by atoms with van der Waals surface area (Å²) in [5, 5.41) is 5.16. The standard InChI is InChI=1S/C16H14NO7PS/c1-25(20,21)8-24-11-6-2-4-9-13(11)15(18)10-5-3-7-12(26(17,22)23)14(10)16(9)19/h2-7H,8H2,1H3,(H,20,21)(H2,17,22,23). The van der Waals surface area contributed by atoms with E-state index in [2.05, 4.69) is 0 Å². The second kappa shape index (κ2) is 6.14. The molecule has 0 saturated heterocycles. The van der Waals surface area contributed by atoms with Crippen LogP contribution in [0.3, 0.4) is 0 Å². The largest absolute Gasteiger partial charge is 0.483 e. The van der Waals surface area contributed by atoms with Crippen molar-refractivity contribution in [3.8, 4) is 5.75 Å². The van der Waals surface area contributed by atoms with E-state index < -0.39 is 40.2 Å². The predicted octanol–water partition coefficient (Wildman–Crippen LogP) is 1.35. The van der Waals surface area contributed by atoms with Gasteiger partial charge in [-0.05, 0) is 12.1 Å². The molecule has 0 aliphatic heterocycles. The summed E-state index contributed by atoms with van der Waals surface area (Å²) in [4.78, 5) is 34.7. The highest BCUT2D eigenvalue weighted by Gasteiger charge is 2.36. The summed E-state index contributed by atoms with van der Waals surface area (Å²) >= 11 is 0. The van der Waals surface area contributed by atoms with E-state index in [9.17, 15) is 27.5 Å². The van der Waals surface area contributed by atoms with E-state index in [1.807, 2.05) is 0 Å². The number of benzene rings is 2. The minimum absolute atomic E-state index is 0.0244. The van der Waals surface area contributed by atoms with Gasteiger partial charge in [0, 0.05) is 17.8 Å². The number of sulfonamides is 1. The maximum Gasteiger partial charge on any atom is 0.238 e. The summed E-state index contributed by atoms with van der Waals surface area (Å²) in [5.74, 6) is -1.34. The first-order valence-corrected chi connectivity index (χ1v) is 11.1. The molecule has 1 unspecified atom stereocenters. The lowest BCUT2D eigenvalue weighted by Crippen LogP contribution is -2.26. The highest BCUT2D eigenvalue weighted by Crippen LogP contribution is 2.39. The van der Waals surface area contributed by atoms with Crippen LogP contribution in [0.4, 0.5) is 0 Å². The van der Waals surface area contributed by atoms with Gasteiger partial charge in [0.1, 0.15) is 5.75 Å². The third-order valence-corrected chi connectivity index (χ3v) is 5.32. The van der Waals surface area contributed by atoms with Gasteiger partial charge in [0.15, 0.2) is 17.9 Å². The molecule has 0 heterocycles. The average molecular weight is 395 g/mol. The molecule has 0 amide bonds. The lowest BCUT2D eigenvalue weighted by Gasteiger charge is -2.21. The van der Waals surface area contributed by atoms with Gasteiger partial charge in [-0.2, -0.15) is 0 Å². The molecule has 8 nitrogen and oxygen atoms in total. The lowest BCUT2D eigenvalue weighted by atomic mass is 9.83. The quantitative estimate of drug-likeness (QED) is 0.635. The molecule has 136 valence electrons. The van der Waals surface area contributed by atoms with E-state index in [0.717, 1.165) is 12.7 Å². The van der Waals surface area contributed by atoms with E-state index in [0.29, 0.717) is 0 Å². The molecule has 2 aromatic carbocycles. The zero-order valence-corrected chi connectivity index (χ0v) is 15.2.